The first-order chi connectivity index (χ1) is 9.90. The Bertz CT molecular complexity index is 588. The van der Waals surface area contributed by atoms with Gasteiger partial charge < -0.3 is 5.11 Å². The van der Waals surface area contributed by atoms with Crippen LogP contribution in [0.2, 0.25) is 0 Å². The van der Waals surface area contributed by atoms with Crippen molar-refractivity contribution in [3.63, 3.8) is 0 Å². The molecule has 2 unspecified atom stereocenters. The lowest BCUT2D eigenvalue weighted by Crippen LogP contribution is -2.47. The van der Waals surface area contributed by atoms with Crippen LogP contribution in [0.15, 0.2) is 30.3 Å². The minimum Gasteiger partial charge on any atom is -0.480 e. The van der Waals surface area contributed by atoms with Crippen LogP contribution in [-0.4, -0.2) is 36.9 Å². The molecule has 2 atom stereocenters. The third kappa shape index (κ3) is 4.03. The SMILES string of the molecule is CC1CCCN(S(=O)(=O)NC(C(=O)O)c2ccccc2)C1. The highest BCUT2D eigenvalue weighted by molar-refractivity contribution is 7.87. The first-order valence-electron chi connectivity index (χ1n) is 6.95. The van der Waals surface area contributed by atoms with Crippen molar-refractivity contribution in [2.75, 3.05) is 13.1 Å². The van der Waals surface area contributed by atoms with Gasteiger partial charge in [0.05, 0.1) is 0 Å². The number of benzene rings is 1. The van der Waals surface area contributed by atoms with Gasteiger partial charge >= 0.3 is 5.97 Å². The predicted molar refractivity (Wildman–Crippen MR) is 78.8 cm³/mol. The molecule has 6 nitrogen and oxygen atoms in total. The number of piperidine rings is 1. The quantitative estimate of drug-likeness (QED) is 0.860. The Hall–Kier alpha value is -1.44. The molecule has 116 valence electrons. The van der Waals surface area contributed by atoms with E-state index in [0.29, 0.717) is 18.7 Å². The summed E-state index contributed by atoms with van der Waals surface area (Å²) in [5, 5.41) is 9.29. The standard InChI is InChI=1S/C14H20N2O4S/c1-11-6-5-9-16(10-11)21(19,20)15-13(14(17)18)12-7-3-2-4-8-12/h2-4,7-8,11,13,15H,5-6,9-10H2,1H3,(H,17,18). The van der Waals surface area contributed by atoms with Crippen molar-refractivity contribution in [3.8, 4) is 0 Å². The van der Waals surface area contributed by atoms with Gasteiger partial charge in [-0.05, 0) is 24.3 Å². The smallest absolute Gasteiger partial charge is 0.326 e. The van der Waals surface area contributed by atoms with Gasteiger partial charge in [0.25, 0.3) is 10.2 Å². The number of nitrogens with zero attached hydrogens (tertiary/aromatic N) is 1. The molecule has 1 saturated heterocycles. The van der Waals surface area contributed by atoms with Gasteiger partial charge in [0.1, 0.15) is 6.04 Å². The van der Waals surface area contributed by atoms with Gasteiger partial charge in [0.2, 0.25) is 0 Å². The van der Waals surface area contributed by atoms with Gasteiger partial charge in [-0.25, -0.2) is 0 Å². The maximum atomic E-state index is 12.4. The van der Waals surface area contributed by atoms with Crippen LogP contribution in [0.3, 0.4) is 0 Å². The Morgan fingerprint density at radius 3 is 2.62 bits per heavy atom. The molecule has 2 rings (SSSR count). The van der Waals surface area contributed by atoms with Crippen molar-refractivity contribution in [2.24, 2.45) is 5.92 Å². The molecule has 21 heavy (non-hydrogen) atoms. The van der Waals surface area contributed by atoms with E-state index in [1.54, 1.807) is 30.3 Å². The molecule has 0 aliphatic carbocycles. The fourth-order valence-corrected chi connectivity index (χ4v) is 4.00. The zero-order valence-electron chi connectivity index (χ0n) is 11.9. The van der Waals surface area contributed by atoms with Crippen molar-refractivity contribution in [3.05, 3.63) is 35.9 Å². The van der Waals surface area contributed by atoms with Crippen molar-refractivity contribution < 1.29 is 18.3 Å². The fourth-order valence-electron chi connectivity index (χ4n) is 2.49. The summed E-state index contributed by atoms with van der Waals surface area (Å²) >= 11 is 0. The Morgan fingerprint density at radius 2 is 2.05 bits per heavy atom. The van der Waals surface area contributed by atoms with E-state index >= 15 is 0 Å². The highest BCUT2D eigenvalue weighted by Crippen LogP contribution is 2.20. The third-order valence-electron chi connectivity index (χ3n) is 3.61. The number of carbonyl (C=O) groups is 1. The van der Waals surface area contributed by atoms with Gasteiger partial charge in [-0.3, -0.25) is 4.79 Å². The fraction of sp³-hybridized carbons (Fsp3) is 0.500. The van der Waals surface area contributed by atoms with Gasteiger partial charge in [0.15, 0.2) is 0 Å². The van der Waals surface area contributed by atoms with E-state index in [1.165, 1.54) is 4.31 Å². The van der Waals surface area contributed by atoms with E-state index in [4.69, 9.17) is 0 Å². The van der Waals surface area contributed by atoms with Gasteiger partial charge in [-0.2, -0.15) is 17.4 Å². The molecule has 1 aromatic rings. The van der Waals surface area contributed by atoms with Crippen LogP contribution in [0.25, 0.3) is 0 Å². The first kappa shape index (κ1) is 15.9. The van der Waals surface area contributed by atoms with Crippen molar-refractivity contribution >= 4 is 16.2 Å². The number of hydrogen-bond donors (Lipinski definition) is 2. The van der Waals surface area contributed by atoms with E-state index in [-0.39, 0.29) is 5.92 Å². The van der Waals surface area contributed by atoms with Crippen LogP contribution in [0.1, 0.15) is 31.4 Å². The van der Waals surface area contributed by atoms with Gasteiger partial charge in [0, 0.05) is 13.1 Å². The molecule has 0 spiro atoms. The van der Waals surface area contributed by atoms with Gasteiger partial charge in [-0.1, -0.05) is 37.3 Å². The van der Waals surface area contributed by atoms with Crippen LogP contribution >= 0.6 is 0 Å². The lowest BCUT2D eigenvalue weighted by molar-refractivity contribution is -0.139. The number of aliphatic carboxylic acids is 1. The molecule has 0 aromatic heterocycles. The summed E-state index contributed by atoms with van der Waals surface area (Å²) < 4.78 is 28.4. The second-order valence-corrected chi connectivity index (χ2v) is 7.11. The Morgan fingerprint density at radius 1 is 1.38 bits per heavy atom. The predicted octanol–water partition coefficient (Wildman–Crippen LogP) is 1.38. The molecule has 0 saturated carbocycles. The zero-order chi connectivity index (χ0) is 15.5. The molecule has 1 aromatic carbocycles. The van der Waals surface area contributed by atoms with Crippen molar-refractivity contribution in [1.82, 2.24) is 9.03 Å². The average Bonchev–Trinajstić information content (AvgIpc) is 2.45. The summed E-state index contributed by atoms with van der Waals surface area (Å²) in [5.41, 5.74) is 0.415. The number of rotatable bonds is 5. The van der Waals surface area contributed by atoms with Crippen molar-refractivity contribution in [1.29, 1.82) is 0 Å². The summed E-state index contributed by atoms with van der Waals surface area (Å²) in [6, 6.07) is 7.04. The van der Waals surface area contributed by atoms with Crippen LogP contribution < -0.4 is 4.72 Å². The van der Waals surface area contributed by atoms with E-state index < -0.39 is 22.2 Å². The second-order valence-electron chi connectivity index (χ2n) is 5.41. The molecule has 2 N–H and O–H groups in total. The Balaban J connectivity index is 2.18. The minimum atomic E-state index is -3.81. The minimum absolute atomic E-state index is 0.287. The van der Waals surface area contributed by atoms with E-state index in [0.717, 1.165) is 12.8 Å². The average molecular weight is 312 g/mol. The Kier molecular flexibility index (Phi) is 4.97. The van der Waals surface area contributed by atoms with E-state index in [2.05, 4.69) is 4.72 Å². The van der Waals surface area contributed by atoms with Crippen LogP contribution in [0.4, 0.5) is 0 Å². The van der Waals surface area contributed by atoms with Crippen LogP contribution in [0.5, 0.6) is 0 Å². The topological polar surface area (TPSA) is 86.7 Å². The van der Waals surface area contributed by atoms with Crippen LogP contribution in [0, 0.1) is 5.92 Å². The van der Waals surface area contributed by atoms with E-state index in [1.807, 2.05) is 6.92 Å². The number of carboxylic acid groups (broad SMARTS) is 1. The molecular weight excluding hydrogens is 292 g/mol. The molecule has 0 bridgehead atoms. The summed E-state index contributed by atoms with van der Waals surface area (Å²) in [6.07, 6.45) is 1.79. The molecule has 1 aliphatic heterocycles. The van der Waals surface area contributed by atoms with E-state index in [9.17, 15) is 18.3 Å². The molecule has 1 heterocycles. The second kappa shape index (κ2) is 6.55. The Labute approximate surface area is 125 Å². The molecular formula is C14H20N2O4S. The summed E-state index contributed by atoms with van der Waals surface area (Å²) in [6.45, 7) is 2.85. The summed E-state index contributed by atoms with van der Waals surface area (Å²) in [4.78, 5) is 11.4. The van der Waals surface area contributed by atoms with Gasteiger partial charge in [-0.15, -0.1) is 0 Å². The highest BCUT2D eigenvalue weighted by atomic mass is 32.2. The molecule has 0 amide bonds. The lowest BCUT2D eigenvalue weighted by Gasteiger charge is -2.31. The monoisotopic (exact) mass is 312 g/mol. The molecule has 7 heteroatoms. The third-order valence-corrected chi connectivity index (χ3v) is 5.15. The molecule has 0 radical (unpaired) electrons. The number of hydrogen-bond acceptors (Lipinski definition) is 3. The number of carboxylic acids is 1. The summed E-state index contributed by atoms with van der Waals surface area (Å²) in [7, 11) is -3.81. The largest absolute Gasteiger partial charge is 0.480 e. The zero-order valence-corrected chi connectivity index (χ0v) is 12.7. The molecule has 1 aliphatic rings. The molecule has 1 fully saturated rings. The summed E-state index contributed by atoms with van der Waals surface area (Å²) in [5.74, 6) is -0.926. The maximum Gasteiger partial charge on any atom is 0.326 e. The lowest BCUT2D eigenvalue weighted by atomic mass is 10.0. The van der Waals surface area contributed by atoms with Crippen molar-refractivity contribution in [2.45, 2.75) is 25.8 Å². The van der Waals surface area contributed by atoms with Crippen LogP contribution in [-0.2, 0) is 15.0 Å². The highest BCUT2D eigenvalue weighted by Gasteiger charge is 2.32. The number of nitrogens with one attached hydrogen (secondary N) is 1. The maximum absolute atomic E-state index is 12.4. The normalized spacial score (nSPS) is 21.9. The first-order valence-corrected chi connectivity index (χ1v) is 8.39.